The molecule has 0 bridgehead atoms. The van der Waals surface area contributed by atoms with Gasteiger partial charge in [0.25, 0.3) is 0 Å². The zero-order valence-corrected chi connectivity index (χ0v) is 15.6. The highest BCUT2D eigenvalue weighted by atomic mass is 17.2. The molecule has 0 unspecified atom stereocenters. The lowest BCUT2D eigenvalue weighted by Crippen LogP contribution is -2.39. The van der Waals surface area contributed by atoms with Crippen LogP contribution in [0.2, 0.25) is 0 Å². The number of aryl methyl sites for hydroxylation is 1. The fourth-order valence-corrected chi connectivity index (χ4v) is 2.96. The van der Waals surface area contributed by atoms with Crippen molar-refractivity contribution in [2.24, 2.45) is 4.99 Å². The number of nitrogens with one attached hydrogen (secondary N) is 1. The number of guanidine groups is 1. The second kappa shape index (κ2) is 8.41. The lowest BCUT2D eigenvalue weighted by atomic mass is 9.96. The van der Waals surface area contributed by atoms with E-state index in [4.69, 9.17) is 19.5 Å². The van der Waals surface area contributed by atoms with E-state index < -0.39 is 0 Å². The van der Waals surface area contributed by atoms with Crippen molar-refractivity contribution in [1.82, 2.24) is 10.2 Å². The number of aliphatic imine (C=N–C) groups is 1. The Hall–Kier alpha value is -2.57. The summed E-state index contributed by atoms with van der Waals surface area (Å²) in [6.45, 7) is 3.33. The monoisotopic (exact) mass is 367 g/mol. The van der Waals surface area contributed by atoms with E-state index in [1.165, 1.54) is 17.5 Å². The van der Waals surface area contributed by atoms with Crippen molar-refractivity contribution in [2.45, 2.75) is 38.8 Å². The molecule has 1 saturated heterocycles. The molecule has 6 nitrogen and oxygen atoms in total. The minimum atomic E-state index is 0.256. The summed E-state index contributed by atoms with van der Waals surface area (Å²) in [6.07, 6.45) is 3.96. The zero-order chi connectivity index (χ0) is 18.5. The van der Waals surface area contributed by atoms with Crippen molar-refractivity contribution in [2.75, 3.05) is 13.5 Å². The first-order chi connectivity index (χ1) is 13.3. The van der Waals surface area contributed by atoms with Crippen LogP contribution in [-0.4, -0.2) is 30.4 Å². The molecule has 0 radical (unpaired) electrons. The second-order valence-electron chi connectivity index (χ2n) is 6.97. The maximum atomic E-state index is 5.91. The van der Waals surface area contributed by atoms with Crippen LogP contribution in [-0.2, 0) is 16.3 Å². The molecule has 1 aliphatic carbocycles. The number of nitrogens with zero attached hydrogens (tertiary/aromatic N) is 2. The molecule has 1 heterocycles. The maximum Gasteiger partial charge on any atom is 0.203 e. The van der Waals surface area contributed by atoms with Crippen LogP contribution >= 0.6 is 0 Å². The lowest BCUT2D eigenvalue weighted by Gasteiger charge is -2.26. The zero-order valence-electron chi connectivity index (χ0n) is 15.6. The van der Waals surface area contributed by atoms with Gasteiger partial charge in [-0.3, -0.25) is 0 Å². The van der Waals surface area contributed by atoms with Crippen LogP contribution in [0.3, 0.4) is 0 Å². The Balaban J connectivity index is 1.48. The van der Waals surface area contributed by atoms with Gasteiger partial charge >= 0.3 is 0 Å². The van der Waals surface area contributed by atoms with E-state index in [9.17, 15) is 0 Å². The molecule has 0 spiro atoms. The van der Waals surface area contributed by atoms with Crippen LogP contribution in [0, 0.1) is 6.92 Å². The summed E-state index contributed by atoms with van der Waals surface area (Å²) in [5.74, 6) is 1.63. The van der Waals surface area contributed by atoms with Gasteiger partial charge < -0.3 is 15.0 Å². The second-order valence-corrected chi connectivity index (χ2v) is 6.97. The van der Waals surface area contributed by atoms with Gasteiger partial charge in [0.05, 0.1) is 11.8 Å². The van der Waals surface area contributed by atoms with E-state index in [0.717, 1.165) is 30.2 Å². The van der Waals surface area contributed by atoms with Gasteiger partial charge in [0.2, 0.25) is 5.96 Å². The van der Waals surface area contributed by atoms with Crippen LogP contribution < -0.4 is 10.1 Å². The molecule has 142 valence electrons. The minimum absolute atomic E-state index is 0.256. The summed E-state index contributed by atoms with van der Waals surface area (Å²) in [5.41, 5.74) is 3.28. The summed E-state index contributed by atoms with van der Waals surface area (Å²) in [4.78, 5) is 17.0. The van der Waals surface area contributed by atoms with Crippen LogP contribution in [0.25, 0.3) is 0 Å². The molecule has 0 aromatic heterocycles. The summed E-state index contributed by atoms with van der Waals surface area (Å²) in [5, 5.41) is 3.17. The van der Waals surface area contributed by atoms with Crippen LogP contribution in [0.1, 0.15) is 30.4 Å². The topological polar surface area (TPSA) is 55.3 Å². The molecule has 6 heteroatoms. The quantitative estimate of drug-likeness (QED) is 0.813. The van der Waals surface area contributed by atoms with Crippen LogP contribution in [0.15, 0.2) is 53.5 Å². The number of hydrogen-bond donors (Lipinski definition) is 1. The minimum Gasteiger partial charge on any atom is -0.490 e. The highest BCUT2D eigenvalue weighted by molar-refractivity contribution is 5.82. The molecular weight excluding hydrogens is 342 g/mol. The van der Waals surface area contributed by atoms with Crippen molar-refractivity contribution in [3.63, 3.8) is 0 Å². The first-order valence-corrected chi connectivity index (χ1v) is 9.40. The highest BCUT2D eigenvalue weighted by Crippen LogP contribution is 2.26. The molecule has 4 rings (SSSR count). The third-order valence-corrected chi connectivity index (χ3v) is 4.80. The fraction of sp³-hybridized carbons (Fsp3) is 0.381. The Morgan fingerprint density at radius 2 is 1.85 bits per heavy atom. The molecule has 2 fully saturated rings. The molecule has 1 aliphatic heterocycles. The lowest BCUT2D eigenvalue weighted by molar-refractivity contribution is -0.305. The van der Waals surface area contributed by atoms with Crippen molar-refractivity contribution in [3.8, 4) is 5.75 Å². The highest BCUT2D eigenvalue weighted by Gasteiger charge is 2.19. The van der Waals surface area contributed by atoms with Gasteiger partial charge in [0.1, 0.15) is 5.75 Å². The van der Waals surface area contributed by atoms with E-state index >= 15 is 0 Å². The molecule has 27 heavy (non-hydrogen) atoms. The summed E-state index contributed by atoms with van der Waals surface area (Å²) in [7, 11) is 0. The molecule has 0 amide bonds. The first-order valence-electron chi connectivity index (χ1n) is 9.40. The molecule has 1 N–H and O–H groups in total. The molecular formula is C21H25N3O3. The van der Waals surface area contributed by atoms with Gasteiger partial charge in [0.15, 0.2) is 13.5 Å². The van der Waals surface area contributed by atoms with Crippen molar-refractivity contribution in [1.29, 1.82) is 0 Å². The third-order valence-electron chi connectivity index (χ3n) is 4.80. The average Bonchev–Trinajstić information content (AvgIpc) is 2.87. The molecule has 0 atom stereocenters. The van der Waals surface area contributed by atoms with Crippen LogP contribution in [0.4, 0.5) is 5.69 Å². The van der Waals surface area contributed by atoms with E-state index in [1.54, 1.807) is 0 Å². The Morgan fingerprint density at radius 1 is 1.07 bits per heavy atom. The standard InChI is InChI=1S/C21H25N3O3/c1-16-5-7-17(8-6-16)13-24-15-26-25-14-22-21(24)23-18-9-11-20(12-10-18)27-19-3-2-4-19/h5-12,19H,2-4,13-15H2,1H3,(H,22,23). The fourth-order valence-electron chi connectivity index (χ4n) is 2.96. The smallest absolute Gasteiger partial charge is 0.203 e. The normalized spacial score (nSPS) is 19.3. The molecule has 2 aromatic carbocycles. The van der Waals surface area contributed by atoms with Gasteiger partial charge in [-0.25, -0.2) is 14.8 Å². The van der Waals surface area contributed by atoms with Gasteiger partial charge in [0, 0.05) is 6.54 Å². The van der Waals surface area contributed by atoms with Crippen molar-refractivity contribution < 1.29 is 14.5 Å². The largest absolute Gasteiger partial charge is 0.490 e. The van der Waals surface area contributed by atoms with E-state index in [-0.39, 0.29) is 6.73 Å². The van der Waals surface area contributed by atoms with E-state index in [2.05, 4.69) is 36.5 Å². The van der Waals surface area contributed by atoms with Crippen molar-refractivity contribution >= 4 is 11.6 Å². The molecule has 2 aromatic rings. The van der Waals surface area contributed by atoms with E-state index in [0.29, 0.717) is 19.4 Å². The van der Waals surface area contributed by atoms with Gasteiger partial charge in [-0.05, 0) is 56.0 Å². The summed E-state index contributed by atoms with van der Waals surface area (Å²) in [6, 6.07) is 16.3. The Kier molecular flexibility index (Phi) is 5.55. The third kappa shape index (κ3) is 4.78. The number of hydrogen-bond acceptors (Lipinski definition) is 4. The number of benzene rings is 2. The average molecular weight is 367 g/mol. The summed E-state index contributed by atoms with van der Waals surface area (Å²) >= 11 is 0. The van der Waals surface area contributed by atoms with Crippen molar-refractivity contribution in [3.05, 3.63) is 59.7 Å². The Labute approximate surface area is 159 Å². The Morgan fingerprint density at radius 3 is 2.56 bits per heavy atom. The van der Waals surface area contributed by atoms with Gasteiger partial charge in [-0.1, -0.05) is 29.8 Å². The van der Waals surface area contributed by atoms with Crippen LogP contribution in [0.5, 0.6) is 5.75 Å². The first kappa shape index (κ1) is 17.8. The maximum absolute atomic E-state index is 5.91. The predicted molar refractivity (Wildman–Crippen MR) is 104 cm³/mol. The Bertz CT molecular complexity index is 770. The molecule has 2 aliphatic rings. The number of ether oxygens (including phenoxy) is 1. The van der Waals surface area contributed by atoms with Gasteiger partial charge in [-0.2, -0.15) is 0 Å². The predicted octanol–water partition coefficient (Wildman–Crippen LogP) is 3.88. The van der Waals surface area contributed by atoms with E-state index in [1.807, 2.05) is 29.2 Å². The van der Waals surface area contributed by atoms with Gasteiger partial charge in [-0.15, -0.1) is 0 Å². The SMILES string of the molecule is Cc1ccc(CN2COOCN/C2=N\c2ccc(OC3CCC3)cc2)cc1. The molecule has 1 saturated carbocycles. The summed E-state index contributed by atoms with van der Waals surface area (Å²) < 4.78 is 5.91. The number of rotatable bonds is 5.